The van der Waals surface area contributed by atoms with E-state index in [1.807, 2.05) is 13.8 Å². The summed E-state index contributed by atoms with van der Waals surface area (Å²) >= 11 is 5.78. The summed E-state index contributed by atoms with van der Waals surface area (Å²) in [4.78, 5) is 16.5. The van der Waals surface area contributed by atoms with Gasteiger partial charge in [0.1, 0.15) is 0 Å². The van der Waals surface area contributed by atoms with Crippen molar-refractivity contribution in [1.29, 1.82) is 0 Å². The highest BCUT2D eigenvalue weighted by molar-refractivity contribution is 6.30. The third-order valence-electron chi connectivity index (χ3n) is 2.10. The van der Waals surface area contributed by atoms with E-state index >= 15 is 0 Å². The van der Waals surface area contributed by atoms with Crippen LogP contribution in [-0.2, 0) is 4.79 Å². The molecule has 1 rings (SSSR count). The minimum atomic E-state index is -0.188. The lowest BCUT2D eigenvalue weighted by Gasteiger charge is -2.24. The predicted octanol–water partition coefficient (Wildman–Crippen LogP) is 3.00. The lowest BCUT2D eigenvalue weighted by molar-refractivity contribution is -0.117. The van der Waals surface area contributed by atoms with Gasteiger partial charge in [-0.3, -0.25) is 4.79 Å². The third kappa shape index (κ3) is 2.98. The summed E-state index contributed by atoms with van der Waals surface area (Å²) in [6.07, 6.45) is 0. The summed E-state index contributed by atoms with van der Waals surface area (Å²) in [5, 5.41) is 0.630. The van der Waals surface area contributed by atoms with Gasteiger partial charge in [0.2, 0.25) is 0 Å². The van der Waals surface area contributed by atoms with E-state index in [0.29, 0.717) is 5.02 Å². The van der Waals surface area contributed by atoms with Crippen LogP contribution < -0.4 is 4.90 Å². The zero-order chi connectivity index (χ0) is 12.1. The molecule has 0 aliphatic heterocycles. The minimum absolute atomic E-state index is 0.0235. The Bertz CT molecular complexity index is 406. The largest absolute Gasteiger partial charge is 0.307 e. The van der Waals surface area contributed by atoms with Crippen molar-refractivity contribution >= 4 is 23.2 Å². The fraction of sp³-hybridized carbons (Fsp3) is 0.333. The van der Waals surface area contributed by atoms with Gasteiger partial charge in [0.25, 0.3) is 6.54 Å². The molecule has 1 aromatic rings. The fourth-order valence-corrected chi connectivity index (χ4v) is 1.60. The molecule has 1 aromatic carbocycles. The molecule has 0 saturated carbocycles. The molecule has 0 saturated heterocycles. The summed E-state index contributed by atoms with van der Waals surface area (Å²) in [6.45, 7) is 10.4. The SMILES string of the molecule is [C-]#[N+]CC(=O)N(c1ccc(Cl)cc1)C(C)C. The second-order valence-electron chi connectivity index (χ2n) is 3.65. The summed E-state index contributed by atoms with van der Waals surface area (Å²) < 4.78 is 0. The summed E-state index contributed by atoms with van der Waals surface area (Å²) in [5.74, 6) is -0.188. The first-order valence-corrected chi connectivity index (χ1v) is 5.35. The topological polar surface area (TPSA) is 24.7 Å². The Labute approximate surface area is 100 Å². The highest BCUT2D eigenvalue weighted by atomic mass is 35.5. The van der Waals surface area contributed by atoms with Gasteiger partial charge in [-0.15, -0.1) is 0 Å². The fourth-order valence-electron chi connectivity index (χ4n) is 1.48. The van der Waals surface area contributed by atoms with Crippen LogP contribution in [0.15, 0.2) is 24.3 Å². The Morgan fingerprint density at radius 1 is 1.44 bits per heavy atom. The summed E-state index contributed by atoms with van der Waals surface area (Å²) in [6, 6.07) is 7.05. The second-order valence-corrected chi connectivity index (χ2v) is 4.09. The van der Waals surface area contributed by atoms with E-state index in [9.17, 15) is 4.79 Å². The Morgan fingerprint density at radius 3 is 2.44 bits per heavy atom. The smallest absolute Gasteiger partial charge is 0.306 e. The van der Waals surface area contributed by atoms with Gasteiger partial charge in [-0.2, -0.15) is 0 Å². The predicted molar refractivity (Wildman–Crippen MR) is 65.5 cm³/mol. The maximum Gasteiger partial charge on any atom is 0.307 e. The molecule has 4 heteroatoms. The number of rotatable bonds is 3. The number of anilines is 1. The lowest BCUT2D eigenvalue weighted by atomic mass is 10.2. The molecule has 3 nitrogen and oxygen atoms in total. The maximum absolute atomic E-state index is 11.7. The highest BCUT2D eigenvalue weighted by Gasteiger charge is 2.20. The first kappa shape index (κ1) is 12.5. The van der Waals surface area contributed by atoms with E-state index in [1.54, 1.807) is 29.2 Å². The van der Waals surface area contributed by atoms with Gasteiger partial charge in [-0.25, -0.2) is 6.57 Å². The van der Waals surface area contributed by atoms with Crippen molar-refractivity contribution < 1.29 is 4.79 Å². The first-order valence-electron chi connectivity index (χ1n) is 4.97. The molecule has 84 valence electrons. The van der Waals surface area contributed by atoms with Crippen molar-refractivity contribution in [3.63, 3.8) is 0 Å². The van der Waals surface area contributed by atoms with Crippen molar-refractivity contribution in [2.75, 3.05) is 11.4 Å². The van der Waals surface area contributed by atoms with Gasteiger partial charge >= 0.3 is 5.91 Å². The van der Waals surface area contributed by atoms with Crippen LogP contribution in [0, 0.1) is 6.57 Å². The average Bonchev–Trinajstić information content (AvgIpc) is 2.21. The molecule has 0 unspecified atom stereocenters. The van der Waals surface area contributed by atoms with Crippen molar-refractivity contribution in [2.45, 2.75) is 19.9 Å². The summed E-state index contributed by atoms with van der Waals surface area (Å²) in [7, 11) is 0. The van der Waals surface area contributed by atoms with E-state index in [4.69, 9.17) is 18.2 Å². The molecule has 16 heavy (non-hydrogen) atoms. The zero-order valence-corrected chi connectivity index (χ0v) is 10.0. The molecular weight excluding hydrogens is 224 g/mol. The van der Waals surface area contributed by atoms with Gasteiger partial charge in [0.15, 0.2) is 0 Å². The van der Waals surface area contributed by atoms with Crippen LogP contribution in [-0.4, -0.2) is 18.5 Å². The summed E-state index contributed by atoms with van der Waals surface area (Å²) in [5.41, 5.74) is 0.771. The number of amides is 1. The Morgan fingerprint density at radius 2 is 2.00 bits per heavy atom. The molecule has 1 amide bonds. The quantitative estimate of drug-likeness (QED) is 0.741. The molecule has 0 fully saturated rings. The van der Waals surface area contributed by atoms with Crippen LogP contribution in [0.3, 0.4) is 0 Å². The van der Waals surface area contributed by atoms with E-state index < -0.39 is 0 Å². The number of hydrogen-bond donors (Lipinski definition) is 0. The Hall–Kier alpha value is -1.53. The molecule has 0 N–H and O–H groups in total. The molecule has 0 radical (unpaired) electrons. The van der Waals surface area contributed by atoms with Gasteiger partial charge in [0, 0.05) is 16.8 Å². The molecule has 0 aliphatic carbocycles. The zero-order valence-electron chi connectivity index (χ0n) is 9.27. The van der Waals surface area contributed by atoms with Crippen molar-refractivity contribution in [3.05, 3.63) is 40.7 Å². The molecular formula is C12H13ClN2O. The maximum atomic E-state index is 11.7. The van der Waals surface area contributed by atoms with Gasteiger partial charge < -0.3 is 9.74 Å². The first-order chi connectivity index (χ1) is 7.56. The molecule has 0 spiro atoms. The normalized spacial score (nSPS) is 9.94. The average molecular weight is 237 g/mol. The van der Waals surface area contributed by atoms with Crippen LogP contribution >= 0.6 is 11.6 Å². The molecule has 0 aliphatic rings. The molecule has 0 heterocycles. The van der Waals surface area contributed by atoms with Crippen LogP contribution in [0.2, 0.25) is 5.02 Å². The number of carbonyl (C=O) groups excluding carboxylic acids is 1. The standard InChI is InChI=1S/C12H13ClN2O/c1-9(2)15(12(16)8-14-3)11-6-4-10(13)5-7-11/h4-7,9H,8H2,1-2H3. The van der Waals surface area contributed by atoms with Crippen molar-refractivity contribution in [2.24, 2.45) is 0 Å². The van der Waals surface area contributed by atoms with Crippen LogP contribution in [0.5, 0.6) is 0 Å². The molecule has 0 aromatic heterocycles. The minimum Gasteiger partial charge on any atom is -0.306 e. The van der Waals surface area contributed by atoms with Crippen LogP contribution in [0.4, 0.5) is 5.69 Å². The van der Waals surface area contributed by atoms with Crippen LogP contribution in [0.1, 0.15) is 13.8 Å². The van der Waals surface area contributed by atoms with E-state index in [1.165, 1.54) is 0 Å². The second kappa shape index (κ2) is 5.53. The van der Waals surface area contributed by atoms with E-state index in [2.05, 4.69) is 4.85 Å². The van der Waals surface area contributed by atoms with Gasteiger partial charge in [-0.05, 0) is 38.1 Å². The van der Waals surface area contributed by atoms with E-state index in [0.717, 1.165) is 5.69 Å². The molecule has 0 atom stereocenters. The Balaban J connectivity index is 2.99. The highest BCUT2D eigenvalue weighted by Crippen LogP contribution is 2.20. The monoisotopic (exact) mass is 236 g/mol. The number of hydrogen-bond acceptors (Lipinski definition) is 1. The number of carbonyl (C=O) groups is 1. The van der Waals surface area contributed by atoms with Crippen molar-refractivity contribution in [3.8, 4) is 0 Å². The van der Waals surface area contributed by atoms with Gasteiger partial charge in [0.05, 0.1) is 0 Å². The number of nitrogens with zero attached hydrogens (tertiary/aromatic N) is 2. The van der Waals surface area contributed by atoms with Crippen LogP contribution in [0.25, 0.3) is 4.85 Å². The number of halogens is 1. The van der Waals surface area contributed by atoms with Crippen molar-refractivity contribution in [1.82, 2.24) is 0 Å². The number of benzene rings is 1. The molecule has 0 bridgehead atoms. The lowest BCUT2D eigenvalue weighted by Crippen LogP contribution is -2.38. The van der Waals surface area contributed by atoms with Gasteiger partial charge in [-0.1, -0.05) is 11.6 Å². The van der Waals surface area contributed by atoms with E-state index in [-0.39, 0.29) is 18.5 Å². The Kier molecular flexibility index (Phi) is 4.33. The third-order valence-corrected chi connectivity index (χ3v) is 2.36.